The van der Waals surface area contributed by atoms with Gasteiger partial charge < -0.3 is 20.1 Å². The molecule has 4 aromatic rings. The molecule has 1 aliphatic heterocycles. The van der Waals surface area contributed by atoms with Gasteiger partial charge in [-0.15, -0.1) is 5.10 Å². The first-order valence-corrected chi connectivity index (χ1v) is 10.6. The van der Waals surface area contributed by atoms with Crippen LogP contribution in [0.5, 0.6) is 11.5 Å². The van der Waals surface area contributed by atoms with Crippen LogP contribution in [0.15, 0.2) is 42.5 Å². The van der Waals surface area contributed by atoms with Crippen LogP contribution >= 0.6 is 0 Å². The molecule has 0 radical (unpaired) electrons. The fraction of sp³-hybridized carbons (Fsp3) is 0.304. The second-order valence-corrected chi connectivity index (χ2v) is 7.68. The summed E-state index contributed by atoms with van der Waals surface area (Å²) < 4.78 is 12.4. The number of nitrogens with one attached hydrogen (secondary N) is 2. The highest BCUT2D eigenvalue weighted by atomic mass is 16.5. The van der Waals surface area contributed by atoms with Gasteiger partial charge in [-0.05, 0) is 49.6 Å². The Balaban J connectivity index is 1.64. The van der Waals surface area contributed by atoms with Gasteiger partial charge in [0, 0.05) is 17.5 Å². The van der Waals surface area contributed by atoms with Crippen molar-refractivity contribution in [3.8, 4) is 22.9 Å². The van der Waals surface area contributed by atoms with E-state index in [1.54, 1.807) is 18.7 Å². The molecule has 1 amide bonds. The second kappa shape index (κ2) is 8.33. The third-order valence-electron chi connectivity index (χ3n) is 5.66. The summed E-state index contributed by atoms with van der Waals surface area (Å²) in [5, 5.41) is 11.9. The van der Waals surface area contributed by atoms with Gasteiger partial charge in [0.05, 0.1) is 19.7 Å². The maximum Gasteiger partial charge on any atom is 0.242 e. The molecule has 0 bridgehead atoms. The maximum atomic E-state index is 12.5. The Morgan fingerprint density at radius 1 is 1.06 bits per heavy atom. The Bertz CT molecular complexity index is 1300. The zero-order chi connectivity index (χ0) is 22.1. The normalized spacial score (nSPS) is 16.6. The SMILES string of the molecule is COc1ccc(-c2nc3c4ccccc4nc(N[C@@H]4CCCCNC4=O)n3n2)cc1OC. The minimum atomic E-state index is -0.372. The summed E-state index contributed by atoms with van der Waals surface area (Å²) in [5.41, 5.74) is 2.23. The smallest absolute Gasteiger partial charge is 0.242 e. The van der Waals surface area contributed by atoms with E-state index < -0.39 is 0 Å². The first kappa shape index (κ1) is 20.0. The summed E-state index contributed by atoms with van der Waals surface area (Å²) in [6, 6.07) is 13.0. The molecule has 5 rings (SSSR count). The Morgan fingerprint density at radius 2 is 1.91 bits per heavy atom. The molecule has 0 saturated carbocycles. The minimum Gasteiger partial charge on any atom is -0.493 e. The Hall–Kier alpha value is -3.88. The Morgan fingerprint density at radius 3 is 2.75 bits per heavy atom. The van der Waals surface area contributed by atoms with Crippen LogP contribution in [0.3, 0.4) is 0 Å². The fourth-order valence-electron chi connectivity index (χ4n) is 3.98. The van der Waals surface area contributed by atoms with E-state index in [0.717, 1.165) is 35.7 Å². The molecule has 2 aromatic heterocycles. The van der Waals surface area contributed by atoms with Crippen molar-refractivity contribution in [1.82, 2.24) is 24.9 Å². The van der Waals surface area contributed by atoms with Gasteiger partial charge in [-0.3, -0.25) is 4.79 Å². The van der Waals surface area contributed by atoms with Gasteiger partial charge in [0.1, 0.15) is 6.04 Å². The number of benzene rings is 2. The lowest BCUT2D eigenvalue weighted by atomic mass is 10.1. The summed E-state index contributed by atoms with van der Waals surface area (Å²) in [7, 11) is 3.19. The molecule has 0 spiro atoms. The zero-order valence-corrected chi connectivity index (χ0v) is 18.0. The summed E-state index contributed by atoms with van der Waals surface area (Å²) in [6.45, 7) is 0.699. The number of rotatable bonds is 5. The van der Waals surface area contributed by atoms with Gasteiger partial charge in [0.25, 0.3) is 0 Å². The van der Waals surface area contributed by atoms with E-state index in [0.29, 0.717) is 35.5 Å². The molecular weight excluding hydrogens is 408 g/mol. The maximum absolute atomic E-state index is 12.5. The molecular formula is C23H24N6O3. The van der Waals surface area contributed by atoms with E-state index in [1.165, 1.54) is 0 Å². The summed E-state index contributed by atoms with van der Waals surface area (Å²) in [4.78, 5) is 22.1. The average Bonchev–Trinajstić information content (AvgIpc) is 3.19. The van der Waals surface area contributed by atoms with Gasteiger partial charge in [0.2, 0.25) is 11.9 Å². The molecule has 164 valence electrons. The Kier molecular flexibility index (Phi) is 5.22. The van der Waals surface area contributed by atoms with Crippen molar-refractivity contribution < 1.29 is 14.3 Å². The van der Waals surface area contributed by atoms with E-state index in [4.69, 9.17) is 24.5 Å². The topological polar surface area (TPSA) is 103 Å². The standard InChI is InChI=1S/C23H24N6O3/c1-31-18-11-10-14(13-19(18)32-2)20-27-21-15-7-3-4-8-16(15)25-23(29(21)28-20)26-17-9-5-6-12-24-22(17)30/h3-4,7-8,10-11,13,17H,5-6,9,12H2,1-2H3,(H,24,30)(H,25,26)/t17-/m1/s1. The number of para-hydroxylation sites is 1. The molecule has 0 aliphatic carbocycles. The number of carbonyl (C=O) groups is 1. The van der Waals surface area contributed by atoms with E-state index in [9.17, 15) is 4.79 Å². The summed E-state index contributed by atoms with van der Waals surface area (Å²) >= 11 is 0. The molecule has 3 heterocycles. The number of carbonyl (C=O) groups excluding carboxylic acids is 1. The number of ether oxygens (including phenoxy) is 2. The van der Waals surface area contributed by atoms with Crippen LogP contribution in [0.2, 0.25) is 0 Å². The lowest BCUT2D eigenvalue weighted by molar-refractivity contribution is -0.121. The number of nitrogens with zero attached hydrogens (tertiary/aromatic N) is 4. The van der Waals surface area contributed by atoms with Crippen molar-refractivity contribution in [2.75, 3.05) is 26.1 Å². The molecule has 9 nitrogen and oxygen atoms in total. The van der Waals surface area contributed by atoms with Crippen molar-refractivity contribution >= 4 is 28.4 Å². The number of hydrogen-bond donors (Lipinski definition) is 2. The molecule has 1 atom stereocenters. The number of hydrogen-bond acceptors (Lipinski definition) is 7. The molecule has 9 heteroatoms. The van der Waals surface area contributed by atoms with Crippen LogP contribution in [0.25, 0.3) is 27.9 Å². The first-order chi connectivity index (χ1) is 15.7. The van der Waals surface area contributed by atoms with Crippen molar-refractivity contribution in [3.05, 3.63) is 42.5 Å². The number of aromatic nitrogens is 4. The highest BCUT2D eigenvalue weighted by Gasteiger charge is 2.23. The fourth-order valence-corrected chi connectivity index (χ4v) is 3.98. The number of methoxy groups -OCH3 is 2. The highest BCUT2D eigenvalue weighted by Crippen LogP contribution is 2.32. The zero-order valence-electron chi connectivity index (χ0n) is 18.0. The monoisotopic (exact) mass is 432 g/mol. The van der Waals surface area contributed by atoms with Crippen molar-refractivity contribution in [1.29, 1.82) is 0 Å². The first-order valence-electron chi connectivity index (χ1n) is 10.6. The molecule has 2 N–H and O–H groups in total. The van der Waals surface area contributed by atoms with Gasteiger partial charge in [0.15, 0.2) is 23.0 Å². The minimum absolute atomic E-state index is 0.0224. The highest BCUT2D eigenvalue weighted by molar-refractivity contribution is 5.93. The van der Waals surface area contributed by atoms with E-state index in [2.05, 4.69) is 10.6 Å². The quantitative estimate of drug-likeness (QED) is 0.500. The van der Waals surface area contributed by atoms with Crippen molar-refractivity contribution in [2.24, 2.45) is 0 Å². The van der Waals surface area contributed by atoms with E-state index >= 15 is 0 Å². The molecule has 1 aliphatic rings. The van der Waals surface area contributed by atoms with Gasteiger partial charge in [-0.2, -0.15) is 4.52 Å². The summed E-state index contributed by atoms with van der Waals surface area (Å²) in [6.07, 6.45) is 2.66. The third-order valence-corrected chi connectivity index (χ3v) is 5.66. The van der Waals surface area contributed by atoms with Crippen LogP contribution in [-0.4, -0.2) is 52.3 Å². The average molecular weight is 432 g/mol. The Labute approximate surface area is 184 Å². The van der Waals surface area contributed by atoms with Crippen LogP contribution in [0.1, 0.15) is 19.3 Å². The lowest BCUT2D eigenvalue weighted by Gasteiger charge is -2.16. The van der Waals surface area contributed by atoms with Crippen LogP contribution < -0.4 is 20.1 Å². The van der Waals surface area contributed by atoms with E-state index in [-0.39, 0.29) is 11.9 Å². The van der Waals surface area contributed by atoms with E-state index in [1.807, 2.05) is 42.5 Å². The molecule has 1 fully saturated rings. The largest absolute Gasteiger partial charge is 0.493 e. The predicted molar refractivity (Wildman–Crippen MR) is 121 cm³/mol. The molecule has 32 heavy (non-hydrogen) atoms. The van der Waals surface area contributed by atoms with Gasteiger partial charge in [-0.25, -0.2) is 9.97 Å². The second-order valence-electron chi connectivity index (χ2n) is 7.68. The number of fused-ring (bicyclic) bond motifs is 3. The predicted octanol–water partition coefficient (Wildman–Crippen LogP) is 3.04. The van der Waals surface area contributed by atoms with Crippen LogP contribution in [-0.2, 0) is 4.79 Å². The van der Waals surface area contributed by atoms with Crippen LogP contribution in [0, 0.1) is 0 Å². The van der Waals surface area contributed by atoms with Crippen molar-refractivity contribution in [2.45, 2.75) is 25.3 Å². The van der Waals surface area contributed by atoms with Gasteiger partial charge >= 0.3 is 0 Å². The molecule has 2 aromatic carbocycles. The third kappa shape index (κ3) is 3.55. The number of amides is 1. The number of anilines is 1. The lowest BCUT2D eigenvalue weighted by Crippen LogP contribution is -2.38. The van der Waals surface area contributed by atoms with Gasteiger partial charge in [-0.1, -0.05) is 12.1 Å². The molecule has 0 unspecified atom stereocenters. The van der Waals surface area contributed by atoms with Crippen molar-refractivity contribution in [3.63, 3.8) is 0 Å². The van der Waals surface area contributed by atoms with Crippen LogP contribution in [0.4, 0.5) is 5.95 Å². The summed E-state index contributed by atoms with van der Waals surface area (Å²) in [5.74, 6) is 2.22. The molecule has 1 saturated heterocycles.